The Morgan fingerprint density at radius 1 is 0.565 bits per heavy atom. The normalized spacial score (nSPS) is 51.9. The fourth-order valence-corrected chi connectivity index (χ4v) is 5.81. The van der Waals surface area contributed by atoms with Crippen molar-refractivity contribution in [3.8, 4) is 0 Å². The van der Waals surface area contributed by atoms with E-state index in [1.807, 2.05) is 0 Å². The first-order valence-corrected chi connectivity index (χ1v) is 14.8. The number of carbonyl (C=O) groups is 1. The van der Waals surface area contributed by atoms with E-state index in [9.17, 15) is 61.0 Å². The molecule has 0 spiro atoms. The summed E-state index contributed by atoms with van der Waals surface area (Å²) >= 11 is 0. The van der Waals surface area contributed by atoms with Gasteiger partial charge in [0.2, 0.25) is 5.91 Å². The van der Waals surface area contributed by atoms with Crippen LogP contribution in [0.2, 0.25) is 0 Å². The van der Waals surface area contributed by atoms with Crippen molar-refractivity contribution in [3.63, 3.8) is 0 Å². The van der Waals surface area contributed by atoms with Crippen LogP contribution in [0.1, 0.15) is 20.8 Å². The molecule has 20 heteroatoms. The summed E-state index contributed by atoms with van der Waals surface area (Å²) < 4.78 is 39.8. The lowest BCUT2D eigenvalue weighted by atomic mass is 9.94. The van der Waals surface area contributed by atoms with Gasteiger partial charge in [0.25, 0.3) is 0 Å². The predicted molar refractivity (Wildman–Crippen MR) is 143 cm³/mol. The fraction of sp³-hybridized carbons (Fsp3) is 0.962. The minimum absolute atomic E-state index is 0.691. The Kier molecular flexibility index (Phi) is 12.7. The van der Waals surface area contributed by atoms with Crippen LogP contribution in [0.3, 0.4) is 0 Å². The molecule has 0 saturated carbocycles. The standard InChI is InChI=1S/C26H45NO19/c1-6-12(31)15(34)18(37)24(40-6)45-21-11(27-8(3)30)23(39)42-10(5-29)20(21)44-26-22(17(36)14(33)9(4-28)43-26)46-25-19(38)16(35)13(32)7(2)41-25/h6-7,9-26,28-29,31-39H,4-5H2,1-3H3,(H,27,30)/t6-,7-,9-,10-,11-,12+,13+,14+,15+,16+,17+,18-,19-,20-,21-,22-,23-,24-,25-,26+/m1/s1. The van der Waals surface area contributed by atoms with Crippen molar-refractivity contribution in [1.29, 1.82) is 0 Å². The van der Waals surface area contributed by atoms with Crippen LogP contribution in [0.25, 0.3) is 0 Å². The van der Waals surface area contributed by atoms with Gasteiger partial charge in [-0.05, 0) is 13.8 Å². The van der Waals surface area contributed by atoms with Gasteiger partial charge < -0.3 is 94.6 Å². The zero-order chi connectivity index (χ0) is 34.2. The van der Waals surface area contributed by atoms with Crippen LogP contribution in [0.5, 0.6) is 0 Å². The highest BCUT2D eigenvalue weighted by Crippen LogP contribution is 2.35. The Morgan fingerprint density at radius 2 is 1.04 bits per heavy atom. The molecule has 0 aliphatic carbocycles. The lowest BCUT2D eigenvalue weighted by Gasteiger charge is -2.50. The SMILES string of the molecule is CC(=O)N[C@@H]1[C@@H](O[C@H]2O[C@H](C)[C@H](O)[C@H](O)[C@H]2O)[C@H](O[C@@H]2O[C@H](CO)[C@H](O)[C@H](O)[C@H]2O[C@H]2O[C@H](C)[C@H](O)[C@H](O)[C@H]2O)[C@@H](CO)O[C@H]1O. The average Bonchev–Trinajstić information content (AvgIpc) is 3.01. The Morgan fingerprint density at radius 3 is 1.52 bits per heavy atom. The highest BCUT2D eigenvalue weighted by molar-refractivity contribution is 5.73. The highest BCUT2D eigenvalue weighted by atomic mass is 16.8. The lowest BCUT2D eigenvalue weighted by Crippen LogP contribution is -2.70. The number of hydrogen-bond acceptors (Lipinski definition) is 19. The van der Waals surface area contributed by atoms with Crippen LogP contribution >= 0.6 is 0 Å². The first kappa shape index (κ1) is 37.6. The van der Waals surface area contributed by atoms with Crippen molar-refractivity contribution < 1.29 is 94.1 Å². The van der Waals surface area contributed by atoms with Crippen LogP contribution < -0.4 is 5.32 Å². The summed E-state index contributed by atoms with van der Waals surface area (Å²) in [5, 5.41) is 117. The van der Waals surface area contributed by atoms with Crippen LogP contribution in [0, 0.1) is 0 Å². The van der Waals surface area contributed by atoms with Gasteiger partial charge in [-0.15, -0.1) is 0 Å². The maximum atomic E-state index is 12.1. The van der Waals surface area contributed by atoms with Crippen molar-refractivity contribution >= 4 is 5.91 Å². The third-order valence-electron chi connectivity index (χ3n) is 8.53. The van der Waals surface area contributed by atoms with Gasteiger partial charge in [0, 0.05) is 6.92 Å². The smallest absolute Gasteiger partial charge is 0.217 e. The number of carbonyl (C=O) groups excluding carboxylic acids is 1. The summed E-state index contributed by atoms with van der Waals surface area (Å²) in [5.74, 6) is -0.691. The van der Waals surface area contributed by atoms with E-state index in [0.717, 1.165) is 6.92 Å². The second-order valence-electron chi connectivity index (χ2n) is 11.8. The molecule has 0 aromatic rings. The maximum absolute atomic E-state index is 12.1. The topological polar surface area (TPSA) is 316 Å². The fourth-order valence-electron chi connectivity index (χ4n) is 5.81. The van der Waals surface area contributed by atoms with Crippen LogP contribution in [0.4, 0.5) is 0 Å². The Bertz CT molecular complexity index is 997. The Labute approximate surface area is 262 Å². The highest BCUT2D eigenvalue weighted by Gasteiger charge is 2.55. The molecule has 4 saturated heterocycles. The molecule has 0 radical (unpaired) electrons. The van der Waals surface area contributed by atoms with Crippen LogP contribution in [-0.2, 0) is 38.0 Å². The van der Waals surface area contributed by atoms with E-state index in [-0.39, 0.29) is 0 Å². The second-order valence-corrected chi connectivity index (χ2v) is 11.8. The van der Waals surface area contributed by atoms with Crippen LogP contribution in [0.15, 0.2) is 0 Å². The van der Waals surface area contributed by atoms with E-state index in [4.69, 9.17) is 33.2 Å². The Hall–Kier alpha value is -1.25. The van der Waals surface area contributed by atoms with Crippen molar-refractivity contribution in [1.82, 2.24) is 5.32 Å². The molecule has 46 heavy (non-hydrogen) atoms. The van der Waals surface area contributed by atoms with Gasteiger partial charge >= 0.3 is 0 Å². The zero-order valence-electron chi connectivity index (χ0n) is 25.1. The van der Waals surface area contributed by atoms with Gasteiger partial charge in [-0.3, -0.25) is 4.79 Å². The number of nitrogens with one attached hydrogen (secondary N) is 1. The predicted octanol–water partition coefficient (Wildman–Crippen LogP) is -7.55. The van der Waals surface area contributed by atoms with Crippen molar-refractivity contribution in [2.75, 3.05) is 13.2 Å². The minimum Gasteiger partial charge on any atom is -0.394 e. The molecule has 0 aromatic carbocycles. The number of hydrogen-bond donors (Lipinski definition) is 12. The monoisotopic (exact) mass is 675 g/mol. The summed E-state index contributed by atoms with van der Waals surface area (Å²) in [7, 11) is 0. The molecule has 20 atom stereocenters. The minimum atomic E-state index is -1.92. The zero-order valence-corrected chi connectivity index (χ0v) is 25.1. The number of ether oxygens (including phenoxy) is 7. The molecule has 0 aromatic heterocycles. The molecule has 4 aliphatic rings. The molecule has 0 unspecified atom stereocenters. The van der Waals surface area contributed by atoms with E-state index in [1.54, 1.807) is 0 Å². The molecule has 20 nitrogen and oxygen atoms in total. The summed E-state index contributed by atoms with van der Waals surface area (Å²) in [6.07, 6.45) is -31.2. The number of rotatable bonds is 9. The molecular weight excluding hydrogens is 630 g/mol. The molecular formula is C26H45NO19. The van der Waals surface area contributed by atoms with Crippen molar-refractivity contribution in [3.05, 3.63) is 0 Å². The maximum Gasteiger partial charge on any atom is 0.217 e. The Balaban J connectivity index is 1.68. The largest absolute Gasteiger partial charge is 0.394 e. The van der Waals surface area contributed by atoms with Gasteiger partial charge in [0.05, 0.1) is 25.4 Å². The van der Waals surface area contributed by atoms with Gasteiger partial charge in [-0.25, -0.2) is 0 Å². The van der Waals surface area contributed by atoms with E-state index in [0.29, 0.717) is 0 Å². The number of aliphatic hydroxyl groups excluding tert-OH is 11. The summed E-state index contributed by atoms with van der Waals surface area (Å²) in [6, 6.07) is -1.51. The average molecular weight is 676 g/mol. The molecule has 268 valence electrons. The van der Waals surface area contributed by atoms with E-state index >= 15 is 0 Å². The second kappa shape index (κ2) is 15.5. The molecule has 1 amide bonds. The van der Waals surface area contributed by atoms with Crippen molar-refractivity contribution in [2.24, 2.45) is 0 Å². The van der Waals surface area contributed by atoms with E-state index in [2.05, 4.69) is 5.32 Å². The molecule has 4 rings (SSSR count). The third kappa shape index (κ3) is 7.64. The first-order valence-electron chi connectivity index (χ1n) is 14.8. The first-order chi connectivity index (χ1) is 21.6. The van der Waals surface area contributed by atoms with Gasteiger partial charge in [0.15, 0.2) is 25.2 Å². The van der Waals surface area contributed by atoms with Crippen molar-refractivity contribution in [2.45, 2.75) is 144 Å². The van der Waals surface area contributed by atoms with Crippen LogP contribution in [-0.4, -0.2) is 198 Å². The molecule has 0 bridgehead atoms. The number of amides is 1. The summed E-state index contributed by atoms with van der Waals surface area (Å²) in [4.78, 5) is 12.1. The van der Waals surface area contributed by atoms with E-state index < -0.39 is 142 Å². The number of aliphatic hydroxyl groups is 11. The summed E-state index contributed by atoms with van der Waals surface area (Å²) in [6.45, 7) is 2.15. The lowest BCUT2D eigenvalue weighted by molar-refractivity contribution is -0.391. The quantitative estimate of drug-likeness (QED) is 0.108. The molecule has 4 fully saturated rings. The molecule has 4 heterocycles. The third-order valence-corrected chi connectivity index (χ3v) is 8.53. The van der Waals surface area contributed by atoms with E-state index in [1.165, 1.54) is 13.8 Å². The summed E-state index contributed by atoms with van der Waals surface area (Å²) in [5.41, 5.74) is 0. The van der Waals surface area contributed by atoms with Gasteiger partial charge in [-0.1, -0.05) is 0 Å². The molecule has 12 N–H and O–H groups in total. The van der Waals surface area contributed by atoms with Gasteiger partial charge in [-0.2, -0.15) is 0 Å². The van der Waals surface area contributed by atoms with Gasteiger partial charge in [0.1, 0.15) is 85.4 Å². The molecule has 4 aliphatic heterocycles.